The van der Waals surface area contributed by atoms with E-state index in [2.05, 4.69) is 0 Å². The van der Waals surface area contributed by atoms with Crippen molar-refractivity contribution in [3.05, 3.63) is 29.3 Å². The fourth-order valence-corrected chi connectivity index (χ4v) is 1.83. The summed E-state index contributed by atoms with van der Waals surface area (Å²) in [6.07, 6.45) is -0.245. The number of amides is 1. The third kappa shape index (κ3) is 1.96. The molecule has 0 atom stereocenters. The van der Waals surface area contributed by atoms with Gasteiger partial charge in [0.25, 0.3) is 0 Å². The molecule has 0 saturated carbocycles. The molecule has 2 rings (SSSR count). The minimum atomic E-state index is -0.245. The molecule has 0 aliphatic carbocycles. The molecule has 0 aromatic heterocycles. The van der Waals surface area contributed by atoms with Gasteiger partial charge in [0.15, 0.2) is 0 Å². The zero-order valence-corrected chi connectivity index (χ0v) is 9.53. The van der Waals surface area contributed by atoms with Crippen molar-refractivity contribution in [2.24, 2.45) is 0 Å². The summed E-state index contributed by atoms with van der Waals surface area (Å²) in [5.74, 6) is 0.819. The van der Waals surface area contributed by atoms with Gasteiger partial charge in [-0.05, 0) is 18.6 Å². The number of benzene rings is 1. The highest BCUT2D eigenvalue weighted by Crippen LogP contribution is 2.24. The molecule has 0 spiro atoms. The van der Waals surface area contributed by atoms with Crippen LogP contribution in [0.5, 0.6) is 5.75 Å². The van der Waals surface area contributed by atoms with Gasteiger partial charge in [-0.2, -0.15) is 0 Å². The average molecular weight is 221 g/mol. The van der Waals surface area contributed by atoms with Gasteiger partial charge in [-0.3, -0.25) is 0 Å². The lowest BCUT2D eigenvalue weighted by atomic mass is 10.1. The van der Waals surface area contributed by atoms with Crippen LogP contribution >= 0.6 is 0 Å². The van der Waals surface area contributed by atoms with E-state index in [0.717, 1.165) is 16.9 Å². The molecule has 1 fully saturated rings. The van der Waals surface area contributed by atoms with E-state index >= 15 is 0 Å². The summed E-state index contributed by atoms with van der Waals surface area (Å²) in [4.78, 5) is 13.0. The van der Waals surface area contributed by atoms with E-state index in [0.29, 0.717) is 19.7 Å². The van der Waals surface area contributed by atoms with Gasteiger partial charge in [-0.1, -0.05) is 12.1 Å². The number of hydrogen-bond acceptors (Lipinski definition) is 3. The molecule has 1 aliphatic heterocycles. The fraction of sp³-hybridized carbons (Fsp3) is 0.417. The molecule has 0 bridgehead atoms. The SMILES string of the molecule is COc1cccc(C)c1CN1CCOC1=O. The minimum absolute atomic E-state index is 0.245. The Morgan fingerprint density at radius 2 is 2.31 bits per heavy atom. The molecule has 86 valence electrons. The van der Waals surface area contributed by atoms with Crippen LogP contribution < -0.4 is 4.74 Å². The Morgan fingerprint density at radius 1 is 1.50 bits per heavy atom. The molecule has 0 N–H and O–H groups in total. The minimum Gasteiger partial charge on any atom is -0.496 e. The number of cyclic esters (lactones) is 1. The Morgan fingerprint density at radius 3 is 2.94 bits per heavy atom. The lowest BCUT2D eigenvalue weighted by Gasteiger charge is -2.17. The predicted octanol–water partition coefficient (Wildman–Crippen LogP) is 1.96. The number of ether oxygens (including phenoxy) is 2. The van der Waals surface area contributed by atoms with E-state index in [1.807, 2.05) is 25.1 Å². The molecule has 1 heterocycles. The summed E-state index contributed by atoms with van der Waals surface area (Å²) in [6, 6.07) is 5.86. The molecule has 1 aliphatic rings. The molecular formula is C12H15NO3. The highest BCUT2D eigenvalue weighted by molar-refractivity contribution is 5.69. The molecule has 1 amide bonds. The monoisotopic (exact) mass is 221 g/mol. The highest BCUT2D eigenvalue weighted by atomic mass is 16.6. The van der Waals surface area contributed by atoms with E-state index in [1.54, 1.807) is 12.0 Å². The van der Waals surface area contributed by atoms with Gasteiger partial charge in [-0.25, -0.2) is 4.79 Å². The summed E-state index contributed by atoms with van der Waals surface area (Å²) >= 11 is 0. The zero-order chi connectivity index (χ0) is 11.5. The van der Waals surface area contributed by atoms with Crippen LogP contribution in [-0.4, -0.2) is 31.3 Å². The Balaban J connectivity index is 2.22. The van der Waals surface area contributed by atoms with Gasteiger partial charge < -0.3 is 14.4 Å². The normalized spacial score (nSPS) is 15.1. The topological polar surface area (TPSA) is 38.8 Å². The van der Waals surface area contributed by atoms with Crippen molar-refractivity contribution in [2.75, 3.05) is 20.3 Å². The van der Waals surface area contributed by atoms with Crippen molar-refractivity contribution in [1.82, 2.24) is 4.90 Å². The molecule has 4 nitrogen and oxygen atoms in total. The Bertz CT molecular complexity index is 403. The molecule has 1 saturated heterocycles. The van der Waals surface area contributed by atoms with Gasteiger partial charge in [0.2, 0.25) is 0 Å². The quantitative estimate of drug-likeness (QED) is 0.783. The van der Waals surface area contributed by atoms with Crippen molar-refractivity contribution < 1.29 is 14.3 Å². The van der Waals surface area contributed by atoms with Crippen LogP contribution in [0.2, 0.25) is 0 Å². The van der Waals surface area contributed by atoms with Gasteiger partial charge in [0.05, 0.1) is 20.2 Å². The molecule has 1 aromatic carbocycles. The second-order valence-corrected chi connectivity index (χ2v) is 3.79. The summed E-state index contributed by atoms with van der Waals surface area (Å²) < 4.78 is 10.2. The molecule has 4 heteroatoms. The average Bonchev–Trinajstić information content (AvgIpc) is 2.67. The Kier molecular flexibility index (Phi) is 2.99. The zero-order valence-electron chi connectivity index (χ0n) is 9.53. The second kappa shape index (κ2) is 4.43. The maximum absolute atomic E-state index is 11.4. The van der Waals surface area contributed by atoms with Gasteiger partial charge in [0.1, 0.15) is 12.4 Å². The highest BCUT2D eigenvalue weighted by Gasteiger charge is 2.23. The van der Waals surface area contributed by atoms with Crippen LogP contribution in [0, 0.1) is 6.92 Å². The lowest BCUT2D eigenvalue weighted by Crippen LogP contribution is -2.24. The first kappa shape index (κ1) is 10.8. The van der Waals surface area contributed by atoms with Crippen LogP contribution in [0.4, 0.5) is 4.79 Å². The van der Waals surface area contributed by atoms with Crippen molar-refractivity contribution in [3.63, 3.8) is 0 Å². The van der Waals surface area contributed by atoms with Crippen LogP contribution in [0.1, 0.15) is 11.1 Å². The van der Waals surface area contributed by atoms with Crippen molar-refractivity contribution >= 4 is 6.09 Å². The number of methoxy groups -OCH3 is 1. The first-order valence-electron chi connectivity index (χ1n) is 5.26. The molecule has 16 heavy (non-hydrogen) atoms. The summed E-state index contributed by atoms with van der Waals surface area (Å²) in [6.45, 7) is 3.69. The van der Waals surface area contributed by atoms with Gasteiger partial charge in [0, 0.05) is 5.56 Å². The first-order valence-corrected chi connectivity index (χ1v) is 5.26. The Hall–Kier alpha value is -1.71. The maximum Gasteiger partial charge on any atom is 0.410 e. The van der Waals surface area contributed by atoms with Crippen molar-refractivity contribution in [3.8, 4) is 5.75 Å². The van der Waals surface area contributed by atoms with E-state index < -0.39 is 0 Å². The standard InChI is InChI=1S/C12H15NO3/c1-9-4-3-5-11(15-2)10(9)8-13-6-7-16-12(13)14/h3-5H,6-8H2,1-2H3. The second-order valence-electron chi connectivity index (χ2n) is 3.79. The molecule has 1 aromatic rings. The lowest BCUT2D eigenvalue weighted by molar-refractivity contribution is 0.157. The number of aryl methyl sites for hydroxylation is 1. The smallest absolute Gasteiger partial charge is 0.410 e. The maximum atomic E-state index is 11.4. The number of hydrogen-bond donors (Lipinski definition) is 0. The number of carbonyl (C=O) groups excluding carboxylic acids is 1. The van der Waals surface area contributed by atoms with Crippen molar-refractivity contribution in [1.29, 1.82) is 0 Å². The molecular weight excluding hydrogens is 206 g/mol. The van der Waals surface area contributed by atoms with Gasteiger partial charge in [-0.15, -0.1) is 0 Å². The third-order valence-electron chi connectivity index (χ3n) is 2.78. The molecule has 0 unspecified atom stereocenters. The van der Waals surface area contributed by atoms with Crippen LogP contribution in [0.25, 0.3) is 0 Å². The van der Waals surface area contributed by atoms with E-state index in [1.165, 1.54) is 0 Å². The summed E-state index contributed by atoms with van der Waals surface area (Å²) in [5, 5.41) is 0. The Labute approximate surface area is 94.8 Å². The van der Waals surface area contributed by atoms with E-state index in [9.17, 15) is 4.79 Å². The predicted molar refractivity (Wildman–Crippen MR) is 59.5 cm³/mol. The number of rotatable bonds is 3. The van der Waals surface area contributed by atoms with Crippen LogP contribution in [-0.2, 0) is 11.3 Å². The van der Waals surface area contributed by atoms with E-state index in [-0.39, 0.29) is 6.09 Å². The number of carbonyl (C=O) groups is 1. The fourth-order valence-electron chi connectivity index (χ4n) is 1.83. The summed E-state index contributed by atoms with van der Waals surface area (Å²) in [7, 11) is 1.64. The summed E-state index contributed by atoms with van der Waals surface area (Å²) in [5.41, 5.74) is 2.17. The largest absolute Gasteiger partial charge is 0.496 e. The van der Waals surface area contributed by atoms with Crippen LogP contribution in [0.3, 0.4) is 0 Å². The van der Waals surface area contributed by atoms with E-state index in [4.69, 9.17) is 9.47 Å². The molecule has 0 radical (unpaired) electrons. The number of nitrogens with zero attached hydrogens (tertiary/aromatic N) is 1. The van der Waals surface area contributed by atoms with Gasteiger partial charge >= 0.3 is 6.09 Å². The third-order valence-corrected chi connectivity index (χ3v) is 2.78. The van der Waals surface area contributed by atoms with Crippen molar-refractivity contribution in [2.45, 2.75) is 13.5 Å². The first-order chi connectivity index (χ1) is 7.72. The van der Waals surface area contributed by atoms with Crippen LogP contribution in [0.15, 0.2) is 18.2 Å².